The number of carbonyl (C=O) groups is 1. The summed E-state index contributed by atoms with van der Waals surface area (Å²) in [5, 5.41) is 2.23. The maximum Gasteiger partial charge on any atom is 0.340 e. The summed E-state index contributed by atoms with van der Waals surface area (Å²) in [5.74, 6) is -0.0760. The van der Waals surface area contributed by atoms with Crippen LogP contribution < -0.4 is 5.73 Å². The van der Waals surface area contributed by atoms with E-state index >= 15 is 0 Å². The van der Waals surface area contributed by atoms with Gasteiger partial charge >= 0.3 is 5.97 Å². The maximum absolute atomic E-state index is 11.9. The summed E-state index contributed by atoms with van der Waals surface area (Å²) in [6.07, 6.45) is 2.66. The predicted molar refractivity (Wildman–Crippen MR) is 70.6 cm³/mol. The van der Waals surface area contributed by atoms with Crippen molar-refractivity contribution in [3.63, 3.8) is 0 Å². The van der Waals surface area contributed by atoms with Crippen molar-refractivity contribution in [2.45, 2.75) is 27.2 Å². The van der Waals surface area contributed by atoms with Crippen LogP contribution in [0.1, 0.15) is 32.9 Å². The SMILES string of the molecule is CCCOC(=O)C(=CC(C)C)c1csc(N)n1. The van der Waals surface area contributed by atoms with E-state index in [0.717, 1.165) is 6.42 Å². The van der Waals surface area contributed by atoms with Crippen LogP contribution in [0.2, 0.25) is 0 Å². The van der Waals surface area contributed by atoms with Crippen LogP contribution in [-0.2, 0) is 9.53 Å². The molecule has 94 valence electrons. The van der Waals surface area contributed by atoms with Crippen LogP contribution in [0.3, 0.4) is 0 Å². The van der Waals surface area contributed by atoms with Gasteiger partial charge in [0.05, 0.1) is 17.9 Å². The standard InChI is InChI=1S/C12H18N2O2S/c1-4-5-16-11(15)9(6-8(2)3)10-7-17-12(13)14-10/h6-8H,4-5H2,1-3H3,(H2,13,14). The van der Waals surface area contributed by atoms with Gasteiger partial charge in [-0.25, -0.2) is 9.78 Å². The van der Waals surface area contributed by atoms with Crippen LogP contribution >= 0.6 is 11.3 Å². The quantitative estimate of drug-likeness (QED) is 0.648. The molecule has 0 saturated carbocycles. The van der Waals surface area contributed by atoms with Crippen LogP contribution in [0, 0.1) is 5.92 Å². The third-order valence-electron chi connectivity index (χ3n) is 1.96. The third kappa shape index (κ3) is 4.19. The molecule has 1 aromatic rings. The number of thiazole rings is 1. The molecule has 0 fully saturated rings. The van der Waals surface area contributed by atoms with E-state index in [1.807, 2.05) is 26.8 Å². The summed E-state index contributed by atoms with van der Waals surface area (Å²) in [6.45, 7) is 6.39. The molecule has 0 saturated heterocycles. The van der Waals surface area contributed by atoms with Gasteiger partial charge in [-0.1, -0.05) is 26.8 Å². The van der Waals surface area contributed by atoms with Gasteiger partial charge in [0, 0.05) is 5.38 Å². The first kappa shape index (κ1) is 13.7. The number of anilines is 1. The van der Waals surface area contributed by atoms with E-state index in [2.05, 4.69) is 4.98 Å². The topological polar surface area (TPSA) is 65.2 Å². The molecule has 0 aliphatic heterocycles. The molecule has 0 unspecified atom stereocenters. The molecule has 0 aliphatic carbocycles. The Balaban J connectivity index is 2.92. The lowest BCUT2D eigenvalue weighted by atomic mass is 10.1. The summed E-state index contributed by atoms with van der Waals surface area (Å²) in [6, 6.07) is 0. The minimum atomic E-state index is -0.328. The molecule has 0 radical (unpaired) electrons. The van der Waals surface area contributed by atoms with Crippen molar-refractivity contribution in [3.05, 3.63) is 17.2 Å². The summed E-state index contributed by atoms with van der Waals surface area (Å²) < 4.78 is 5.13. The van der Waals surface area contributed by atoms with Gasteiger partial charge < -0.3 is 10.5 Å². The Kier molecular flexibility index (Phi) is 5.15. The lowest BCUT2D eigenvalue weighted by molar-refractivity contribution is -0.136. The lowest BCUT2D eigenvalue weighted by Gasteiger charge is -2.06. The highest BCUT2D eigenvalue weighted by atomic mass is 32.1. The predicted octanol–water partition coefficient (Wildman–Crippen LogP) is 2.72. The molecule has 1 heterocycles. The van der Waals surface area contributed by atoms with Gasteiger partial charge in [-0.2, -0.15) is 0 Å². The Labute approximate surface area is 106 Å². The van der Waals surface area contributed by atoms with Crippen LogP contribution in [0.5, 0.6) is 0 Å². The zero-order valence-electron chi connectivity index (χ0n) is 10.4. The van der Waals surface area contributed by atoms with Crippen molar-refractivity contribution in [1.29, 1.82) is 0 Å². The van der Waals surface area contributed by atoms with E-state index < -0.39 is 0 Å². The van der Waals surface area contributed by atoms with E-state index in [-0.39, 0.29) is 11.9 Å². The molecule has 0 spiro atoms. The number of esters is 1. The monoisotopic (exact) mass is 254 g/mol. The van der Waals surface area contributed by atoms with Gasteiger partial charge in [0.2, 0.25) is 0 Å². The zero-order chi connectivity index (χ0) is 12.8. The van der Waals surface area contributed by atoms with E-state index in [4.69, 9.17) is 10.5 Å². The molecule has 0 aliphatic rings. The fourth-order valence-corrected chi connectivity index (χ4v) is 1.84. The molecule has 0 amide bonds. The van der Waals surface area contributed by atoms with Crippen molar-refractivity contribution in [3.8, 4) is 0 Å². The number of nitrogens with two attached hydrogens (primary N) is 1. The first-order valence-corrected chi connectivity index (χ1v) is 6.52. The van der Waals surface area contributed by atoms with Crippen LogP contribution in [-0.4, -0.2) is 17.6 Å². The normalized spacial score (nSPS) is 11.9. The average molecular weight is 254 g/mol. The van der Waals surface area contributed by atoms with Crippen molar-refractivity contribution < 1.29 is 9.53 Å². The summed E-state index contributed by atoms with van der Waals surface area (Å²) in [5.41, 5.74) is 6.68. The van der Waals surface area contributed by atoms with Crippen LogP contribution in [0.25, 0.3) is 5.57 Å². The summed E-state index contributed by atoms with van der Waals surface area (Å²) >= 11 is 1.32. The summed E-state index contributed by atoms with van der Waals surface area (Å²) in [7, 11) is 0. The fraction of sp³-hybridized carbons (Fsp3) is 0.500. The Morgan fingerprint density at radius 3 is 2.82 bits per heavy atom. The number of hydrogen-bond donors (Lipinski definition) is 1. The van der Waals surface area contributed by atoms with E-state index in [1.54, 1.807) is 5.38 Å². The number of nitrogens with zero attached hydrogens (tertiary/aromatic N) is 1. The van der Waals surface area contributed by atoms with E-state index in [9.17, 15) is 4.79 Å². The van der Waals surface area contributed by atoms with Crippen molar-refractivity contribution in [2.75, 3.05) is 12.3 Å². The number of aromatic nitrogens is 1. The van der Waals surface area contributed by atoms with Gasteiger partial charge in [-0.3, -0.25) is 0 Å². The van der Waals surface area contributed by atoms with Gasteiger partial charge in [-0.15, -0.1) is 11.3 Å². The van der Waals surface area contributed by atoms with Gasteiger partial charge in [0.25, 0.3) is 0 Å². The fourth-order valence-electron chi connectivity index (χ4n) is 1.28. The van der Waals surface area contributed by atoms with Crippen molar-refractivity contribution in [2.24, 2.45) is 5.92 Å². The second kappa shape index (κ2) is 6.39. The molecular weight excluding hydrogens is 236 g/mol. The largest absolute Gasteiger partial charge is 0.462 e. The lowest BCUT2D eigenvalue weighted by Crippen LogP contribution is -2.09. The zero-order valence-corrected chi connectivity index (χ0v) is 11.2. The number of nitrogen functional groups attached to an aromatic ring is 1. The minimum absolute atomic E-state index is 0.252. The number of carbonyl (C=O) groups excluding carboxylic acids is 1. The Bertz CT molecular complexity index is 410. The van der Waals surface area contributed by atoms with Gasteiger partial charge in [0.15, 0.2) is 5.13 Å². The highest BCUT2D eigenvalue weighted by molar-refractivity contribution is 7.13. The van der Waals surface area contributed by atoms with Crippen LogP contribution in [0.4, 0.5) is 5.13 Å². The van der Waals surface area contributed by atoms with Crippen LogP contribution in [0.15, 0.2) is 11.5 Å². The molecule has 0 atom stereocenters. The highest BCUT2D eigenvalue weighted by Gasteiger charge is 2.16. The Morgan fingerprint density at radius 2 is 2.35 bits per heavy atom. The Morgan fingerprint density at radius 1 is 1.65 bits per heavy atom. The second-order valence-corrected chi connectivity index (χ2v) is 4.92. The number of rotatable bonds is 5. The number of ether oxygens (including phenoxy) is 1. The minimum Gasteiger partial charge on any atom is -0.462 e. The maximum atomic E-state index is 11.9. The molecule has 1 rings (SSSR count). The second-order valence-electron chi connectivity index (χ2n) is 4.03. The number of hydrogen-bond acceptors (Lipinski definition) is 5. The average Bonchev–Trinajstić information content (AvgIpc) is 2.69. The highest BCUT2D eigenvalue weighted by Crippen LogP contribution is 2.22. The summed E-state index contributed by atoms with van der Waals surface area (Å²) in [4.78, 5) is 16.0. The molecule has 0 aromatic carbocycles. The smallest absolute Gasteiger partial charge is 0.340 e. The Hall–Kier alpha value is -1.36. The molecular formula is C12H18N2O2S. The molecule has 4 nitrogen and oxygen atoms in total. The molecule has 1 aromatic heterocycles. The first-order chi connectivity index (χ1) is 8.04. The molecule has 0 bridgehead atoms. The van der Waals surface area contributed by atoms with Gasteiger partial charge in [-0.05, 0) is 12.3 Å². The van der Waals surface area contributed by atoms with Gasteiger partial charge in [0.1, 0.15) is 0 Å². The van der Waals surface area contributed by atoms with E-state index in [1.165, 1.54) is 11.3 Å². The van der Waals surface area contributed by atoms with Crippen molar-refractivity contribution in [1.82, 2.24) is 4.98 Å². The van der Waals surface area contributed by atoms with Crippen molar-refractivity contribution >= 4 is 28.0 Å². The molecule has 2 N–H and O–H groups in total. The first-order valence-electron chi connectivity index (χ1n) is 5.65. The molecule has 17 heavy (non-hydrogen) atoms. The number of allylic oxidation sites excluding steroid dienone is 1. The third-order valence-corrected chi connectivity index (χ3v) is 2.63. The molecule has 5 heteroatoms. The van der Waals surface area contributed by atoms with E-state index in [0.29, 0.717) is 23.0 Å².